The summed E-state index contributed by atoms with van der Waals surface area (Å²) in [4.78, 5) is 14.7. The molecule has 1 atom stereocenters. The second kappa shape index (κ2) is 4.13. The summed E-state index contributed by atoms with van der Waals surface area (Å²) >= 11 is 0. The Labute approximate surface area is 75.6 Å². The molecule has 1 aromatic carbocycles. The van der Waals surface area contributed by atoms with Gasteiger partial charge < -0.3 is 4.74 Å². The van der Waals surface area contributed by atoms with E-state index in [1.165, 1.54) is 7.11 Å². The minimum absolute atomic E-state index is 0.391. The van der Waals surface area contributed by atoms with Crippen LogP contribution in [0.25, 0.3) is 0 Å². The molecule has 1 N–H and O–H groups in total. The molecule has 0 saturated heterocycles. The molecule has 1 rings (SSSR count). The van der Waals surface area contributed by atoms with Crippen LogP contribution >= 0.6 is 0 Å². The van der Waals surface area contributed by atoms with E-state index in [4.69, 9.17) is 9.99 Å². The predicted octanol–water partition coefficient (Wildman–Crippen LogP) is 1.17. The molecule has 4 nitrogen and oxygen atoms in total. The van der Waals surface area contributed by atoms with Crippen LogP contribution in [0.15, 0.2) is 30.3 Å². The average molecular weight is 182 g/mol. The molecule has 0 aliphatic rings. The van der Waals surface area contributed by atoms with Gasteiger partial charge in [-0.25, -0.2) is 5.26 Å². The molecule has 0 spiro atoms. The lowest BCUT2D eigenvalue weighted by molar-refractivity contribution is -0.383. The van der Waals surface area contributed by atoms with Crippen LogP contribution in [-0.2, 0) is 20.2 Å². The summed E-state index contributed by atoms with van der Waals surface area (Å²) in [5.74, 6) is -1.71. The first-order valence-corrected chi connectivity index (χ1v) is 3.68. The van der Waals surface area contributed by atoms with Crippen molar-refractivity contribution in [2.45, 2.75) is 5.79 Å². The molecule has 13 heavy (non-hydrogen) atoms. The number of carbonyl (C=O) groups is 1. The zero-order valence-corrected chi connectivity index (χ0v) is 7.14. The quantitative estimate of drug-likeness (QED) is 0.328. The molecule has 1 aromatic rings. The topological polar surface area (TPSA) is 55.8 Å². The SMILES string of the molecule is COC(C=O)(OO)c1ccccc1. The Morgan fingerprint density at radius 3 is 2.38 bits per heavy atom. The molecule has 4 heteroatoms. The molecule has 0 amide bonds. The van der Waals surface area contributed by atoms with E-state index in [2.05, 4.69) is 4.89 Å². The van der Waals surface area contributed by atoms with Gasteiger partial charge in [-0.1, -0.05) is 30.3 Å². The Hall–Kier alpha value is -1.23. The number of rotatable bonds is 4. The fourth-order valence-corrected chi connectivity index (χ4v) is 1.02. The Kier molecular flexibility index (Phi) is 3.13. The van der Waals surface area contributed by atoms with Crippen LogP contribution in [0.1, 0.15) is 5.56 Å². The Bertz CT molecular complexity index is 266. The number of benzene rings is 1. The van der Waals surface area contributed by atoms with E-state index < -0.39 is 5.79 Å². The van der Waals surface area contributed by atoms with Crippen LogP contribution in [0.2, 0.25) is 0 Å². The van der Waals surface area contributed by atoms with Crippen molar-refractivity contribution in [3.8, 4) is 0 Å². The van der Waals surface area contributed by atoms with Gasteiger partial charge in [0.05, 0.1) is 0 Å². The first-order chi connectivity index (χ1) is 6.29. The van der Waals surface area contributed by atoms with E-state index in [-0.39, 0.29) is 0 Å². The molecule has 0 saturated carbocycles. The predicted molar refractivity (Wildman–Crippen MR) is 44.9 cm³/mol. The fourth-order valence-electron chi connectivity index (χ4n) is 1.02. The minimum Gasteiger partial charge on any atom is -0.342 e. The smallest absolute Gasteiger partial charge is 0.283 e. The van der Waals surface area contributed by atoms with E-state index in [1.807, 2.05) is 0 Å². The molecule has 0 aliphatic heterocycles. The number of carbonyl (C=O) groups excluding carboxylic acids is 1. The van der Waals surface area contributed by atoms with Gasteiger partial charge in [-0.15, -0.1) is 0 Å². The molecule has 70 valence electrons. The molecule has 0 fully saturated rings. The summed E-state index contributed by atoms with van der Waals surface area (Å²) < 4.78 is 4.78. The van der Waals surface area contributed by atoms with Crippen LogP contribution in [0, 0.1) is 0 Å². The van der Waals surface area contributed by atoms with Crippen molar-refractivity contribution in [2.75, 3.05) is 7.11 Å². The summed E-state index contributed by atoms with van der Waals surface area (Å²) in [6.45, 7) is 0. The molecule has 0 bridgehead atoms. The lowest BCUT2D eigenvalue weighted by Gasteiger charge is -2.22. The Morgan fingerprint density at radius 1 is 1.38 bits per heavy atom. The highest BCUT2D eigenvalue weighted by molar-refractivity contribution is 5.63. The van der Waals surface area contributed by atoms with Crippen molar-refractivity contribution in [3.05, 3.63) is 35.9 Å². The third-order valence-corrected chi connectivity index (χ3v) is 1.77. The summed E-state index contributed by atoms with van der Waals surface area (Å²) in [5, 5.41) is 8.57. The summed E-state index contributed by atoms with van der Waals surface area (Å²) in [7, 11) is 1.28. The highest BCUT2D eigenvalue weighted by Gasteiger charge is 2.33. The van der Waals surface area contributed by atoms with E-state index in [0.29, 0.717) is 11.8 Å². The van der Waals surface area contributed by atoms with Crippen LogP contribution in [0.4, 0.5) is 0 Å². The molecule has 1 unspecified atom stereocenters. The number of methoxy groups -OCH3 is 1. The zero-order chi connectivity index (χ0) is 9.73. The second-order valence-electron chi connectivity index (χ2n) is 2.45. The van der Waals surface area contributed by atoms with Gasteiger partial charge in [0.2, 0.25) is 0 Å². The number of aldehydes is 1. The summed E-state index contributed by atoms with van der Waals surface area (Å²) in [6, 6.07) is 8.45. The van der Waals surface area contributed by atoms with E-state index in [1.54, 1.807) is 30.3 Å². The molecular formula is C9H10O4. The molecule has 0 heterocycles. The first kappa shape index (κ1) is 9.85. The van der Waals surface area contributed by atoms with E-state index in [9.17, 15) is 4.79 Å². The molecule has 0 aliphatic carbocycles. The number of ether oxygens (including phenoxy) is 1. The van der Waals surface area contributed by atoms with Crippen LogP contribution in [0.5, 0.6) is 0 Å². The van der Waals surface area contributed by atoms with Crippen molar-refractivity contribution in [1.82, 2.24) is 0 Å². The van der Waals surface area contributed by atoms with Crippen LogP contribution in [0.3, 0.4) is 0 Å². The number of hydrogen-bond donors (Lipinski definition) is 1. The van der Waals surface area contributed by atoms with Crippen molar-refractivity contribution in [3.63, 3.8) is 0 Å². The van der Waals surface area contributed by atoms with Gasteiger partial charge in [0.1, 0.15) is 0 Å². The highest BCUT2D eigenvalue weighted by Crippen LogP contribution is 2.22. The average Bonchev–Trinajstić information content (AvgIpc) is 2.23. The Balaban J connectivity index is 3.08. The lowest BCUT2D eigenvalue weighted by atomic mass is 10.1. The third kappa shape index (κ3) is 1.75. The summed E-state index contributed by atoms with van der Waals surface area (Å²) in [6.07, 6.45) is 0.391. The van der Waals surface area contributed by atoms with Crippen molar-refractivity contribution in [1.29, 1.82) is 0 Å². The van der Waals surface area contributed by atoms with Crippen molar-refractivity contribution < 1.29 is 19.7 Å². The highest BCUT2D eigenvalue weighted by atomic mass is 17.1. The first-order valence-electron chi connectivity index (χ1n) is 3.68. The maximum atomic E-state index is 10.7. The van der Waals surface area contributed by atoms with Gasteiger partial charge >= 0.3 is 0 Å². The van der Waals surface area contributed by atoms with Gasteiger partial charge in [0, 0.05) is 12.7 Å². The molecular weight excluding hydrogens is 172 g/mol. The molecule has 0 aromatic heterocycles. The van der Waals surface area contributed by atoms with Gasteiger partial charge in [0.25, 0.3) is 5.79 Å². The van der Waals surface area contributed by atoms with Crippen molar-refractivity contribution in [2.24, 2.45) is 0 Å². The third-order valence-electron chi connectivity index (χ3n) is 1.77. The lowest BCUT2D eigenvalue weighted by Crippen LogP contribution is -2.32. The summed E-state index contributed by atoms with van der Waals surface area (Å²) in [5.41, 5.74) is 0.440. The van der Waals surface area contributed by atoms with Crippen LogP contribution < -0.4 is 0 Å². The fraction of sp³-hybridized carbons (Fsp3) is 0.222. The van der Waals surface area contributed by atoms with Gasteiger partial charge in [0.15, 0.2) is 6.29 Å². The van der Waals surface area contributed by atoms with Gasteiger partial charge in [-0.2, -0.15) is 4.89 Å². The Morgan fingerprint density at radius 2 is 2.00 bits per heavy atom. The maximum Gasteiger partial charge on any atom is 0.283 e. The van der Waals surface area contributed by atoms with Crippen LogP contribution in [-0.4, -0.2) is 18.7 Å². The number of hydrogen-bond acceptors (Lipinski definition) is 4. The monoisotopic (exact) mass is 182 g/mol. The second-order valence-corrected chi connectivity index (χ2v) is 2.45. The normalized spacial score (nSPS) is 14.9. The largest absolute Gasteiger partial charge is 0.342 e. The van der Waals surface area contributed by atoms with Crippen molar-refractivity contribution >= 4 is 6.29 Å². The van der Waals surface area contributed by atoms with Gasteiger partial charge in [-0.3, -0.25) is 4.79 Å². The maximum absolute atomic E-state index is 10.7. The van der Waals surface area contributed by atoms with Gasteiger partial charge in [-0.05, 0) is 0 Å². The molecule has 0 radical (unpaired) electrons. The zero-order valence-electron chi connectivity index (χ0n) is 7.14. The minimum atomic E-state index is -1.71. The van der Waals surface area contributed by atoms with E-state index >= 15 is 0 Å². The van der Waals surface area contributed by atoms with E-state index in [0.717, 1.165) is 0 Å². The standard InChI is InChI=1S/C9H10O4/c1-12-9(7-10,13-11)8-5-3-2-4-6-8/h2-7,11H,1H3.